The molecule has 2 aromatic rings. The van der Waals surface area contributed by atoms with E-state index in [1.54, 1.807) is 12.1 Å². The second-order valence-electron chi connectivity index (χ2n) is 5.12. The number of nitrogens with zero attached hydrogens (tertiary/aromatic N) is 1. The fraction of sp³-hybridized carbons (Fsp3) is 0.294. The smallest absolute Gasteiger partial charge is 0.146 e. The average molecular weight is 272 g/mol. The highest BCUT2D eigenvalue weighted by atomic mass is 19.1. The lowest BCUT2D eigenvalue weighted by molar-refractivity contribution is 0.588. The van der Waals surface area contributed by atoms with Gasteiger partial charge >= 0.3 is 0 Å². The van der Waals surface area contributed by atoms with E-state index in [0.717, 1.165) is 12.8 Å². The molecule has 3 heteroatoms. The maximum Gasteiger partial charge on any atom is 0.146 e. The highest BCUT2D eigenvalue weighted by Crippen LogP contribution is 2.17. The topological polar surface area (TPSA) is 29.3 Å². The standard InChI is InChI=1S/C17H21FN2/c1-20(17-10-6-5-9-16(17)18)13-15(19)12-11-14-7-3-2-4-8-14/h2-10,15H,11-13,19H2,1H3. The Morgan fingerprint density at radius 3 is 2.40 bits per heavy atom. The van der Waals surface area contributed by atoms with Crippen LogP contribution in [-0.2, 0) is 6.42 Å². The first kappa shape index (κ1) is 14.5. The van der Waals surface area contributed by atoms with Gasteiger partial charge in [-0.1, -0.05) is 42.5 Å². The summed E-state index contributed by atoms with van der Waals surface area (Å²) in [4.78, 5) is 1.88. The molecule has 0 aliphatic heterocycles. The third-order valence-electron chi connectivity index (χ3n) is 3.42. The number of aryl methyl sites for hydroxylation is 1. The Kier molecular flexibility index (Phi) is 5.13. The van der Waals surface area contributed by atoms with Gasteiger partial charge in [-0.15, -0.1) is 0 Å². The van der Waals surface area contributed by atoms with Gasteiger partial charge in [-0.2, -0.15) is 0 Å². The molecule has 20 heavy (non-hydrogen) atoms. The fourth-order valence-electron chi connectivity index (χ4n) is 2.30. The van der Waals surface area contributed by atoms with Gasteiger partial charge in [0.25, 0.3) is 0 Å². The monoisotopic (exact) mass is 272 g/mol. The quantitative estimate of drug-likeness (QED) is 0.875. The summed E-state index contributed by atoms with van der Waals surface area (Å²) in [5, 5.41) is 0. The minimum Gasteiger partial charge on any atom is -0.371 e. The van der Waals surface area contributed by atoms with E-state index in [-0.39, 0.29) is 11.9 Å². The van der Waals surface area contributed by atoms with E-state index in [2.05, 4.69) is 12.1 Å². The molecule has 2 aromatic carbocycles. The zero-order valence-corrected chi connectivity index (χ0v) is 11.8. The molecule has 106 valence electrons. The van der Waals surface area contributed by atoms with Gasteiger partial charge in [0.2, 0.25) is 0 Å². The van der Waals surface area contributed by atoms with E-state index in [1.807, 2.05) is 36.2 Å². The van der Waals surface area contributed by atoms with Crippen LogP contribution < -0.4 is 10.6 Å². The molecule has 0 bridgehead atoms. The first-order chi connectivity index (χ1) is 9.66. The van der Waals surface area contributed by atoms with Crippen LogP contribution in [0.1, 0.15) is 12.0 Å². The minimum absolute atomic E-state index is 0.0276. The summed E-state index contributed by atoms with van der Waals surface area (Å²) in [5.41, 5.74) is 8.03. The molecule has 0 aliphatic rings. The lowest BCUT2D eigenvalue weighted by Gasteiger charge is -2.23. The molecule has 2 nitrogen and oxygen atoms in total. The summed E-state index contributed by atoms with van der Waals surface area (Å²) >= 11 is 0. The van der Waals surface area contributed by atoms with Crippen molar-refractivity contribution in [1.82, 2.24) is 0 Å². The first-order valence-corrected chi connectivity index (χ1v) is 6.92. The van der Waals surface area contributed by atoms with Crippen molar-refractivity contribution in [1.29, 1.82) is 0 Å². The van der Waals surface area contributed by atoms with Gasteiger partial charge in [-0.25, -0.2) is 4.39 Å². The molecule has 2 N–H and O–H groups in total. The van der Waals surface area contributed by atoms with Crippen LogP contribution in [-0.4, -0.2) is 19.6 Å². The van der Waals surface area contributed by atoms with Crippen LogP contribution in [0, 0.1) is 5.82 Å². The number of benzene rings is 2. The van der Waals surface area contributed by atoms with Gasteiger partial charge < -0.3 is 10.6 Å². The molecule has 0 aromatic heterocycles. The second-order valence-corrected chi connectivity index (χ2v) is 5.12. The van der Waals surface area contributed by atoms with E-state index < -0.39 is 0 Å². The van der Waals surface area contributed by atoms with Crippen molar-refractivity contribution in [3.63, 3.8) is 0 Å². The Hall–Kier alpha value is -1.87. The van der Waals surface area contributed by atoms with Gasteiger partial charge in [0.15, 0.2) is 0 Å². The molecule has 0 aliphatic carbocycles. The third-order valence-corrected chi connectivity index (χ3v) is 3.42. The Bertz CT molecular complexity index is 528. The van der Waals surface area contributed by atoms with Crippen LogP contribution in [0.5, 0.6) is 0 Å². The van der Waals surface area contributed by atoms with Crippen LogP contribution in [0.3, 0.4) is 0 Å². The van der Waals surface area contributed by atoms with Crippen LogP contribution in [0.4, 0.5) is 10.1 Å². The molecule has 0 heterocycles. The van der Waals surface area contributed by atoms with Crippen LogP contribution in [0.15, 0.2) is 54.6 Å². The van der Waals surface area contributed by atoms with E-state index in [9.17, 15) is 4.39 Å². The van der Waals surface area contributed by atoms with Crippen molar-refractivity contribution in [2.45, 2.75) is 18.9 Å². The second kappa shape index (κ2) is 7.06. The van der Waals surface area contributed by atoms with Crippen molar-refractivity contribution in [3.8, 4) is 0 Å². The van der Waals surface area contributed by atoms with Crippen molar-refractivity contribution in [3.05, 3.63) is 66.0 Å². The molecule has 0 fully saturated rings. The summed E-state index contributed by atoms with van der Waals surface area (Å²) in [6.07, 6.45) is 1.84. The molecule has 2 rings (SSSR count). The number of hydrogen-bond acceptors (Lipinski definition) is 2. The van der Waals surface area contributed by atoms with Gasteiger partial charge in [-0.05, 0) is 30.5 Å². The molecular formula is C17H21FN2. The van der Waals surface area contributed by atoms with Crippen molar-refractivity contribution < 1.29 is 4.39 Å². The number of halogens is 1. The highest BCUT2D eigenvalue weighted by molar-refractivity contribution is 5.46. The first-order valence-electron chi connectivity index (χ1n) is 6.92. The molecular weight excluding hydrogens is 251 g/mol. The normalized spacial score (nSPS) is 12.2. The number of likely N-dealkylation sites (N-methyl/N-ethyl adjacent to an activating group) is 1. The SMILES string of the molecule is CN(CC(N)CCc1ccccc1)c1ccccc1F. The predicted molar refractivity (Wildman–Crippen MR) is 82.4 cm³/mol. The number of anilines is 1. The molecule has 0 amide bonds. The highest BCUT2D eigenvalue weighted by Gasteiger charge is 2.10. The van der Waals surface area contributed by atoms with Crippen molar-refractivity contribution >= 4 is 5.69 Å². The fourth-order valence-corrected chi connectivity index (χ4v) is 2.30. The Balaban J connectivity index is 1.85. The third kappa shape index (κ3) is 4.07. The number of nitrogens with two attached hydrogens (primary N) is 1. The van der Waals surface area contributed by atoms with E-state index in [0.29, 0.717) is 12.2 Å². The van der Waals surface area contributed by atoms with E-state index in [4.69, 9.17) is 5.73 Å². The van der Waals surface area contributed by atoms with Gasteiger partial charge in [0.05, 0.1) is 5.69 Å². The van der Waals surface area contributed by atoms with Crippen molar-refractivity contribution in [2.75, 3.05) is 18.5 Å². The summed E-state index contributed by atoms with van der Waals surface area (Å²) in [5.74, 6) is -0.203. The zero-order chi connectivity index (χ0) is 14.4. The number of rotatable bonds is 6. The predicted octanol–water partition coefficient (Wildman–Crippen LogP) is 3.22. The Morgan fingerprint density at radius 1 is 1.05 bits per heavy atom. The average Bonchev–Trinajstić information content (AvgIpc) is 2.46. The lowest BCUT2D eigenvalue weighted by Crippen LogP contribution is -2.36. The van der Waals surface area contributed by atoms with E-state index in [1.165, 1.54) is 11.6 Å². The molecule has 0 spiro atoms. The summed E-state index contributed by atoms with van der Waals surface area (Å²) in [6.45, 7) is 0.647. The van der Waals surface area contributed by atoms with Gasteiger partial charge in [0.1, 0.15) is 5.82 Å². The molecule has 0 saturated heterocycles. The van der Waals surface area contributed by atoms with Crippen LogP contribution in [0.2, 0.25) is 0 Å². The number of hydrogen-bond donors (Lipinski definition) is 1. The molecule has 0 saturated carbocycles. The molecule has 1 unspecified atom stereocenters. The van der Waals surface area contributed by atoms with Gasteiger partial charge in [0, 0.05) is 19.6 Å². The molecule has 0 radical (unpaired) electrons. The van der Waals surface area contributed by atoms with Crippen molar-refractivity contribution in [2.24, 2.45) is 5.73 Å². The van der Waals surface area contributed by atoms with E-state index >= 15 is 0 Å². The summed E-state index contributed by atoms with van der Waals surface area (Å²) < 4.78 is 13.7. The maximum atomic E-state index is 13.7. The molecule has 1 atom stereocenters. The van der Waals surface area contributed by atoms with Crippen LogP contribution >= 0.6 is 0 Å². The van der Waals surface area contributed by atoms with Gasteiger partial charge in [-0.3, -0.25) is 0 Å². The summed E-state index contributed by atoms with van der Waals surface area (Å²) in [6, 6.07) is 17.1. The minimum atomic E-state index is -0.203. The Morgan fingerprint density at radius 2 is 1.70 bits per heavy atom. The zero-order valence-electron chi connectivity index (χ0n) is 11.8. The maximum absolute atomic E-state index is 13.7. The van der Waals surface area contributed by atoms with Crippen LogP contribution in [0.25, 0.3) is 0 Å². The summed E-state index contributed by atoms with van der Waals surface area (Å²) in [7, 11) is 1.88. The largest absolute Gasteiger partial charge is 0.371 e. The lowest BCUT2D eigenvalue weighted by atomic mass is 10.1. The number of para-hydroxylation sites is 1. The Labute approximate surface area is 120 Å².